The maximum atomic E-state index is 14.1. The largest absolute Gasteiger partial charge is 0.354 e. The lowest BCUT2D eigenvalue weighted by Crippen LogP contribution is -2.49. The molecule has 33 heavy (non-hydrogen) atoms. The number of aromatic nitrogens is 1. The fraction of sp³-hybridized carbons (Fsp3) is 0.409. The fourth-order valence-electron chi connectivity index (χ4n) is 3.69. The van der Waals surface area contributed by atoms with E-state index in [4.69, 9.17) is 0 Å². The maximum absolute atomic E-state index is 14.1. The third-order valence-electron chi connectivity index (χ3n) is 5.35. The van der Waals surface area contributed by atoms with Crippen molar-refractivity contribution in [2.24, 2.45) is 0 Å². The number of amides is 1. The van der Waals surface area contributed by atoms with Crippen molar-refractivity contribution in [3.05, 3.63) is 54.0 Å². The van der Waals surface area contributed by atoms with Crippen LogP contribution in [-0.4, -0.2) is 68.4 Å². The third kappa shape index (κ3) is 6.22. The van der Waals surface area contributed by atoms with Crippen molar-refractivity contribution in [1.29, 1.82) is 5.26 Å². The van der Waals surface area contributed by atoms with Gasteiger partial charge < -0.3 is 9.80 Å². The van der Waals surface area contributed by atoms with Crippen molar-refractivity contribution in [3.8, 4) is 6.07 Å². The van der Waals surface area contributed by atoms with E-state index in [1.165, 1.54) is 30.0 Å². The van der Waals surface area contributed by atoms with Gasteiger partial charge in [0.1, 0.15) is 28.6 Å². The molecule has 1 fully saturated rings. The second kappa shape index (κ2) is 11.4. The highest BCUT2D eigenvalue weighted by Gasteiger charge is 2.31. The summed E-state index contributed by atoms with van der Waals surface area (Å²) >= 11 is 1.50. The van der Waals surface area contributed by atoms with E-state index in [9.17, 15) is 22.9 Å². The molecule has 0 aliphatic carbocycles. The van der Waals surface area contributed by atoms with Crippen molar-refractivity contribution in [2.75, 3.05) is 43.1 Å². The number of benzene rings is 1. The smallest absolute Gasteiger partial charge is 0.244 e. The Labute approximate surface area is 197 Å². The number of nitriles is 1. The number of halogens is 1. The number of sulfonamides is 1. The minimum atomic E-state index is -4.21. The molecule has 1 amide bonds. The summed E-state index contributed by atoms with van der Waals surface area (Å²) in [5.74, 6) is -0.0636. The van der Waals surface area contributed by atoms with Crippen LogP contribution in [0, 0.1) is 17.1 Å². The fourth-order valence-corrected chi connectivity index (χ4v) is 5.46. The van der Waals surface area contributed by atoms with Crippen LogP contribution in [0.25, 0.3) is 0 Å². The maximum Gasteiger partial charge on any atom is 0.244 e. The molecule has 1 aliphatic rings. The molecule has 0 radical (unpaired) electrons. The lowest BCUT2D eigenvalue weighted by Gasteiger charge is -2.27. The van der Waals surface area contributed by atoms with E-state index in [-0.39, 0.29) is 12.3 Å². The molecule has 176 valence electrons. The number of carbonyl (C=O) groups excluding carboxylic acids is 1. The van der Waals surface area contributed by atoms with Gasteiger partial charge in [-0.25, -0.2) is 17.8 Å². The Balaban J connectivity index is 1.75. The molecule has 0 bridgehead atoms. The predicted octanol–water partition coefficient (Wildman–Crippen LogP) is 2.23. The number of hydrogen-bond donors (Lipinski definition) is 1. The van der Waals surface area contributed by atoms with Gasteiger partial charge in [0.05, 0.1) is 5.56 Å². The Kier molecular flexibility index (Phi) is 8.66. The Morgan fingerprint density at radius 3 is 2.76 bits per heavy atom. The quantitative estimate of drug-likeness (QED) is 0.604. The summed E-state index contributed by atoms with van der Waals surface area (Å²) in [5, 5.41) is 9.36. The second-order valence-corrected chi connectivity index (χ2v) is 10.2. The Morgan fingerprint density at radius 1 is 1.24 bits per heavy atom. The molecule has 3 rings (SSSR count). The van der Waals surface area contributed by atoms with Gasteiger partial charge in [0.15, 0.2) is 0 Å². The van der Waals surface area contributed by atoms with Crippen molar-refractivity contribution < 1.29 is 17.6 Å². The SMILES string of the molecule is CSCCC(NS(=O)(=O)c1ccccc1F)C(=O)N1CCCN(c2ncccc2C#N)CC1. The van der Waals surface area contributed by atoms with E-state index in [1.54, 1.807) is 23.2 Å². The molecule has 1 unspecified atom stereocenters. The molecule has 0 spiro atoms. The average Bonchev–Trinajstić information content (AvgIpc) is 3.07. The van der Waals surface area contributed by atoms with Gasteiger partial charge in [-0.2, -0.15) is 21.7 Å². The molecule has 1 aromatic carbocycles. The van der Waals surface area contributed by atoms with E-state index >= 15 is 0 Å². The highest BCUT2D eigenvalue weighted by atomic mass is 32.2. The number of pyridine rings is 1. The van der Waals surface area contributed by atoms with E-state index in [1.807, 2.05) is 11.2 Å². The molecule has 8 nitrogen and oxygen atoms in total. The van der Waals surface area contributed by atoms with Crippen molar-refractivity contribution in [3.63, 3.8) is 0 Å². The topological polar surface area (TPSA) is 106 Å². The van der Waals surface area contributed by atoms with Crippen LogP contribution in [0.2, 0.25) is 0 Å². The van der Waals surface area contributed by atoms with E-state index in [0.717, 1.165) is 6.07 Å². The lowest BCUT2D eigenvalue weighted by molar-refractivity contribution is -0.132. The van der Waals surface area contributed by atoms with E-state index < -0.39 is 26.8 Å². The molecule has 1 aromatic heterocycles. The van der Waals surface area contributed by atoms with Crippen LogP contribution in [0.1, 0.15) is 18.4 Å². The Morgan fingerprint density at radius 2 is 2.03 bits per heavy atom. The number of nitrogens with zero attached hydrogens (tertiary/aromatic N) is 4. The number of thioether (sulfide) groups is 1. The number of carbonyl (C=O) groups is 1. The van der Waals surface area contributed by atoms with Crippen LogP contribution in [0.15, 0.2) is 47.5 Å². The van der Waals surface area contributed by atoms with Gasteiger partial charge in [-0.15, -0.1) is 0 Å². The monoisotopic (exact) mass is 491 g/mol. The molecule has 11 heteroatoms. The Bertz CT molecular complexity index is 1120. The normalized spacial score (nSPS) is 15.5. The van der Waals surface area contributed by atoms with Gasteiger partial charge in [-0.05, 0) is 49.1 Å². The zero-order chi connectivity index (χ0) is 23.8. The third-order valence-corrected chi connectivity index (χ3v) is 7.50. The van der Waals surface area contributed by atoms with Crippen LogP contribution < -0.4 is 9.62 Å². The zero-order valence-electron chi connectivity index (χ0n) is 18.3. The molecular weight excluding hydrogens is 465 g/mol. The van der Waals surface area contributed by atoms with Crippen LogP contribution >= 0.6 is 11.8 Å². The van der Waals surface area contributed by atoms with Crippen LogP contribution in [-0.2, 0) is 14.8 Å². The molecular formula is C22H26FN5O3S2. The van der Waals surface area contributed by atoms with E-state index in [2.05, 4.69) is 15.8 Å². The van der Waals surface area contributed by atoms with Gasteiger partial charge in [-0.1, -0.05) is 12.1 Å². The summed E-state index contributed by atoms with van der Waals surface area (Å²) in [5.41, 5.74) is 0.466. The van der Waals surface area contributed by atoms with E-state index in [0.29, 0.717) is 49.7 Å². The van der Waals surface area contributed by atoms with Gasteiger partial charge >= 0.3 is 0 Å². The van der Waals surface area contributed by atoms with Crippen LogP contribution in [0.3, 0.4) is 0 Å². The molecule has 2 aromatic rings. The molecule has 0 saturated carbocycles. The first kappa shape index (κ1) is 25.0. The zero-order valence-corrected chi connectivity index (χ0v) is 19.9. The standard InChI is InChI=1S/C22H26FN5O3S2/c1-32-15-9-19(26-33(30,31)20-8-3-2-7-18(20)23)22(29)28-12-5-11-27(13-14-28)21-17(16-24)6-4-10-25-21/h2-4,6-8,10,19,26H,5,9,11-15H2,1H3. The summed E-state index contributed by atoms with van der Waals surface area (Å²) in [7, 11) is -4.21. The highest BCUT2D eigenvalue weighted by Crippen LogP contribution is 2.20. The molecule has 1 aliphatic heterocycles. The number of nitrogens with one attached hydrogen (secondary N) is 1. The van der Waals surface area contributed by atoms with Gasteiger partial charge in [0.2, 0.25) is 15.9 Å². The molecule has 2 heterocycles. The van der Waals surface area contributed by atoms with Crippen LogP contribution in [0.5, 0.6) is 0 Å². The Hall–Kier alpha value is -2.68. The van der Waals surface area contributed by atoms with Gasteiger partial charge in [-0.3, -0.25) is 4.79 Å². The molecule has 1 saturated heterocycles. The first-order valence-corrected chi connectivity index (χ1v) is 13.4. The first-order chi connectivity index (χ1) is 15.9. The highest BCUT2D eigenvalue weighted by molar-refractivity contribution is 7.98. The second-order valence-electron chi connectivity index (χ2n) is 7.54. The summed E-state index contributed by atoms with van der Waals surface area (Å²) in [6.45, 7) is 1.89. The summed E-state index contributed by atoms with van der Waals surface area (Å²) in [4.78, 5) is 20.8. The first-order valence-electron chi connectivity index (χ1n) is 10.5. The van der Waals surface area contributed by atoms with Gasteiger partial charge in [0, 0.05) is 32.4 Å². The summed E-state index contributed by atoms with van der Waals surface area (Å²) in [6, 6.07) is 9.64. The summed E-state index contributed by atoms with van der Waals surface area (Å²) < 4.78 is 42.2. The molecule has 1 atom stereocenters. The average molecular weight is 492 g/mol. The van der Waals surface area contributed by atoms with Crippen LogP contribution in [0.4, 0.5) is 10.2 Å². The lowest BCUT2D eigenvalue weighted by atomic mass is 10.2. The number of rotatable bonds is 8. The number of hydrogen-bond acceptors (Lipinski definition) is 7. The van der Waals surface area contributed by atoms with Crippen molar-refractivity contribution >= 4 is 33.5 Å². The predicted molar refractivity (Wildman–Crippen MR) is 126 cm³/mol. The molecule has 1 N–H and O–H groups in total. The van der Waals surface area contributed by atoms with Crippen molar-refractivity contribution in [1.82, 2.24) is 14.6 Å². The minimum absolute atomic E-state index is 0.284. The van der Waals surface area contributed by atoms with Crippen molar-refractivity contribution in [2.45, 2.75) is 23.8 Å². The summed E-state index contributed by atoms with van der Waals surface area (Å²) in [6.07, 6.45) is 4.42. The number of anilines is 1. The minimum Gasteiger partial charge on any atom is -0.354 e. The van der Waals surface area contributed by atoms with Gasteiger partial charge in [0.25, 0.3) is 0 Å².